The maximum absolute atomic E-state index is 4.83. The van der Waals surface area contributed by atoms with Gasteiger partial charge in [0.15, 0.2) is 0 Å². The van der Waals surface area contributed by atoms with E-state index in [-0.39, 0.29) is 0 Å². The molecule has 2 fully saturated rings. The molecule has 0 bridgehead atoms. The van der Waals surface area contributed by atoms with E-state index in [0.29, 0.717) is 11.6 Å². The van der Waals surface area contributed by atoms with Gasteiger partial charge in [-0.25, -0.2) is 0 Å². The highest BCUT2D eigenvalue weighted by Gasteiger charge is 2.32. The minimum Gasteiger partial charge on any atom is -0.311 e. The van der Waals surface area contributed by atoms with Crippen molar-refractivity contribution in [3.05, 3.63) is 18.0 Å². The standard InChI is InChI=1S/C15H25N3/c1-2-15(9-5-10-16-15)12-13-8-11-18(17-13)14-6-3-4-7-14/h8,11,14,16H,2-7,9-10,12H2,1H3. The second kappa shape index (κ2) is 5.04. The van der Waals surface area contributed by atoms with Crippen LogP contribution in [-0.4, -0.2) is 21.9 Å². The van der Waals surface area contributed by atoms with Crippen molar-refractivity contribution >= 4 is 0 Å². The number of aromatic nitrogens is 2. The molecule has 0 radical (unpaired) electrons. The van der Waals surface area contributed by atoms with Gasteiger partial charge in [0.1, 0.15) is 0 Å². The number of nitrogens with zero attached hydrogens (tertiary/aromatic N) is 2. The highest BCUT2D eigenvalue weighted by Crippen LogP contribution is 2.30. The van der Waals surface area contributed by atoms with Gasteiger partial charge in [0, 0.05) is 18.2 Å². The van der Waals surface area contributed by atoms with E-state index in [1.807, 2.05) is 0 Å². The highest BCUT2D eigenvalue weighted by molar-refractivity contribution is 5.08. The summed E-state index contributed by atoms with van der Waals surface area (Å²) < 4.78 is 2.22. The topological polar surface area (TPSA) is 29.9 Å². The summed E-state index contributed by atoms with van der Waals surface area (Å²) in [6, 6.07) is 2.91. The van der Waals surface area contributed by atoms with Gasteiger partial charge in [-0.3, -0.25) is 4.68 Å². The molecule has 0 amide bonds. The smallest absolute Gasteiger partial charge is 0.0643 e. The lowest BCUT2D eigenvalue weighted by Gasteiger charge is -2.27. The molecule has 100 valence electrons. The number of hydrogen-bond donors (Lipinski definition) is 1. The van der Waals surface area contributed by atoms with E-state index in [0.717, 1.165) is 6.42 Å². The Labute approximate surface area is 110 Å². The Balaban J connectivity index is 1.69. The van der Waals surface area contributed by atoms with Crippen LogP contribution in [-0.2, 0) is 6.42 Å². The molecule has 3 rings (SSSR count). The Bertz CT molecular complexity index is 384. The van der Waals surface area contributed by atoms with Gasteiger partial charge in [-0.15, -0.1) is 0 Å². The summed E-state index contributed by atoms with van der Waals surface area (Å²) in [6.45, 7) is 3.48. The first kappa shape index (κ1) is 12.2. The highest BCUT2D eigenvalue weighted by atomic mass is 15.3. The first-order valence-corrected chi connectivity index (χ1v) is 7.60. The fourth-order valence-electron chi connectivity index (χ4n) is 3.64. The number of rotatable bonds is 4. The van der Waals surface area contributed by atoms with E-state index in [9.17, 15) is 0 Å². The maximum atomic E-state index is 4.83. The van der Waals surface area contributed by atoms with E-state index in [2.05, 4.69) is 29.2 Å². The van der Waals surface area contributed by atoms with Crippen LogP contribution in [0.4, 0.5) is 0 Å². The largest absolute Gasteiger partial charge is 0.311 e. The average molecular weight is 247 g/mol. The molecular weight excluding hydrogens is 222 g/mol. The van der Waals surface area contributed by atoms with E-state index < -0.39 is 0 Å². The zero-order valence-electron chi connectivity index (χ0n) is 11.5. The fourth-order valence-corrected chi connectivity index (χ4v) is 3.64. The summed E-state index contributed by atoms with van der Waals surface area (Å²) in [6.07, 6.45) is 12.5. The molecule has 1 unspecified atom stereocenters. The molecule has 1 saturated carbocycles. The van der Waals surface area contributed by atoms with Crippen molar-refractivity contribution in [1.82, 2.24) is 15.1 Å². The molecule has 1 aromatic rings. The predicted molar refractivity (Wildman–Crippen MR) is 73.7 cm³/mol. The molecule has 2 heterocycles. The van der Waals surface area contributed by atoms with Crippen LogP contribution in [0.3, 0.4) is 0 Å². The van der Waals surface area contributed by atoms with Crippen molar-refractivity contribution in [2.75, 3.05) is 6.54 Å². The third-order valence-corrected chi connectivity index (χ3v) is 4.89. The summed E-state index contributed by atoms with van der Waals surface area (Å²) >= 11 is 0. The van der Waals surface area contributed by atoms with Crippen molar-refractivity contribution in [3.63, 3.8) is 0 Å². The van der Waals surface area contributed by atoms with Gasteiger partial charge in [0.25, 0.3) is 0 Å². The molecule has 0 aromatic carbocycles. The Morgan fingerprint density at radius 3 is 2.89 bits per heavy atom. The zero-order chi connectivity index (χ0) is 12.4. The van der Waals surface area contributed by atoms with Gasteiger partial charge in [-0.2, -0.15) is 5.10 Å². The summed E-state index contributed by atoms with van der Waals surface area (Å²) in [5, 5.41) is 8.52. The molecule has 1 N–H and O–H groups in total. The van der Waals surface area contributed by atoms with E-state index >= 15 is 0 Å². The normalized spacial score (nSPS) is 29.2. The molecule has 2 aliphatic rings. The van der Waals surface area contributed by atoms with Crippen molar-refractivity contribution < 1.29 is 0 Å². The van der Waals surface area contributed by atoms with Crippen molar-refractivity contribution in [3.8, 4) is 0 Å². The molecule has 0 spiro atoms. The summed E-state index contributed by atoms with van der Waals surface area (Å²) in [7, 11) is 0. The van der Waals surface area contributed by atoms with Crippen LogP contribution in [0.5, 0.6) is 0 Å². The number of nitrogens with one attached hydrogen (secondary N) is 1. The van der Waals surface area contributed by atoms with E-state index in [4.69, 9.17) is 5.10 Å². The van der Waals surface area contributed by atoms with Gasteiger partial charge < -0.3 is 5.32 Å². The van der Waals surface area contributed by atoms with Crippen molar-refractivity contribution in [1.29, 1.82) is 0 Å². The van der Waals surface area contributed by atoms with E-state index in [1.54, 1.807) is 0 Å². The van der Waals surface area contributed by atoms with Crippen LogP contribution in [0.25, 0.3) is 0 Å². The lowest BCUT2D eigenvalue weighted by atomic mass is 9.89. The molecule has 3 heteroatoms. The Hall–Kier alpha value is -0.830. The Morgan fingerprint density at radius 2 is 2.22 bits per heavy atom. The van der Waals surface area contributed by atoms with Crippen molar-refractivity contribution in [2.45, 2.75) is 69.9 Å². The molecule has 1 aliphatic heterocycles. The minimum absolute atomic E-state index is 0.328. The van der Waals surface area contributed by atoms with Gasteiger partial charge in [0.2, 0.25) is 0 Å². The fraction of sp³-hybridized carbons (Fsp3) is 0.800. The second-order valence-corrected chi connectivity index (χ2v) is 6.07. The predicted octanol–water partition coefficient (Wildman–Crippen LogP) is 3.07. The molecule has 18 heavy (non-hydrogen) atoms. The molecule has 1 atom stereocenters. The lowest BCUT2D eigenvalue weighted by Crippen LogP contribution is -2.41. The first-order valence-electron chi connectivity index (χ1n) is 7.60. The maximum Gasteiger partial charge on any atom is 0.0643 e. The molecular formula is C15H25N3. The summed E-state index contributed by atoms with van der Waals surface area (Å²) in [5.74, 6) is 0. The zero-order valence-corrected chi connectivity index (χ0v) is 11.5. The van der Waals surface area contributed by atoms with Gasteiger partial charge >= 0.3 is 0 Å². The molecule has 3 nitrogen and oxygen atoms in total. The molecule has 1 aliphatic carbocycles. The van der Waals surface area contributed by atoms with Gasteiger partial charge in [-0.05, 0) is 44.7 Å². The summed E-state index contributed by atoms with van der Waals surface area (Å²) in [5.41, 5.74) is 1.60. The number of hydrogen-bond acceptors (Lipinski definition) is 2. The van der Waals surface area contributed by atoms with Gasteiger partial charge in [-0.1, -0.05) is 19.8 Å². The molecule has 1 saturated heterocycles. The SMILES string of the molecule is CCC1(Cc2ccn(C3CCCC3)n2)CCCN1. The second-order valence-electron chi connectivity index (χ2n) is 6.07. The lowest BCUT2D eigenvalue weighted by molar-refractivity contribution is 0.353. The van der Waals surface area contributed by atoms with Crippen molar-refractivity contribution in [2.24, 2.45) is 0 Å². The van der Waals surface area contributed by atoms with E-state index in [1.165, 1.54) is 57.2 Å². The van der Waals surface area contributed by atoms with Crippen LogP contribution >= 0.6 is 0 Å². The van der Waals surface area contributed by atoms with Crippen LogP contribution in [0.15, 0.2) is 12.3 Å². The Morgan fingerprint density at radius 1 is 1.39 bits per heavy atom. The van der Waals surface area contributed by atoms with Crippen LogP contribution in [0.1, 0.15) is 63.6 Å². The molecule has 1 aromatic heterocycles. The third kappa shape index (κ3) is 2.33. The average Bonchev–Trinajstić information content (AvgIpc) is 3.10. The monoisotopic (exact) mass is 247 g/mol. The van der Waals surface area contributed by atoms with Crippen LogP contribution < -0.4 is 5.32 Å². The van der Waals surface area contributed by atoms with Crippen LogP contribution in [0.2, 0.25) is 0 Å². The first-order chi connectivity index (χ1) is 8.81. The van der Waals surface area contributed by atoms with Gasteiger partial charge in [0.05, 0.1) is 11.7 Å². The quantitative estimate of drug-likeness (QED) is 0.886. The Kier molecular flexibility index (Phi) is 3.42. The minimum atomic E-state index is 0.328. The third-order valence-electron chi connectivity index (χ3n) is 4.89. The van der Waals surface area contributed by atoms with Crippen LogP contribution in [0, 0.1) is 0 Å². The summed E-state index contributed by atoms with van der Waals surface area (Å²) in [4.78, 5) is 0.